The van der Waals surface area contributed by atoms with Crippen LogP contribution in [0.5, 0.6) is 0 Å². The molecule has 0 radical (unpaired) electrons. The minimum absolute atomic E-state index is 0.190. The maximum Gasteiger partial charge on any atom is 0.131 e. The molecule has 1 atom stereocenters. The first kappa shape index (κ1) is 6.99. The Hall–Kier alpha value is -0.120. The van der Waals surface area contributed by atoms with E-state index in [4.69, 9.17) is 10.7 Å². The second-order valence-electron chi connectivity index (χ2n) is 2.36. The number of hydrogen-bond donors (Lipinski definition) is 1. The smallest absolute Gasteiger partial charge is 0.131 e. The van der Waals surface area contributed by atoms with Crippen molar-refractivity contribution in [3.63, 3.8) is 0 Å². The van der Waals surface area contributed by atoms with E-state index < -0.39 is 0 Å². The van der Waals surface area contributed by atoms with Crippen molar-refractivity contribution < 1.29 is 4.84 Å². The van der Waals surface area contributed by atoms with E-state index in [2.05, 4.69) is 11.8 Å². The molecule has 0 aromatic rings. The van der Waals surface area contributed by atoms with Gasteiger partial charge in [-0.15, -0.1) is 0 Å². The number of likely N-dealkylation sites (tertiary alicyclic amines) is 1. The predicted molar refractivity (Wildman–Crippen MR) is 35.5 cm³/mol. The Labute approximate surface area is 55.7 Å². The molecule has 0 aromatic carbocycles. The molecule has 3 heteroatoms. The van der Waals surface area contributed by atoms with Gasteiger partial charge in [0.2, 0.25) is 0 Å². The first-order chi connectivity index (χ1) is 4.38. The van der Waals surface area contributed by atoms with Crippen molar-refractivity contribution in [2.45, 2.75) is 26.0 Å². The van der Waals surface area contributed by atoms with Crippen molar-refractivity contribution in [1.82, 2.24) is 4.90 Å². The van der Waals surface area contributed by atoms with E-state index in [1.54, 1.807) is 0 Å². The molecular formula is C6H14N2O. The van der Waals surface area contributed by atoms with Crippen molar-refractivity contribution in [3.05, 3.63) is 0 Å². The molecule has 1 aliphatic rings. The van der Waals surface area contributed by atoms with Crippen molar-refractivity contribution in [2.75, 3.05) is 13.1 Å². The monoisotopic (exact) mass is 130 g/mol. The first-order valence-corrected chi connectivity index (χ1v) is 3.48. The Bertz CT molecular complexity index is 77.1. The van der Waals surface area contributed by atoms with Gasteiger partial charge in [-0.05, 0) is 19.4 Å². The second-order valence-corrected chi connectivity index (χ2v) is 2.36. The van der Waals surface area contributed by atoms with Gasteiger partial charge in [-0.3, -0.25) is 9.74 Å². The predicted octanol–water partition coefficient (Wildman–Crippen LogP) is 0.319. The van der Waals surface area contributed by atoms with Gasteiger partial charge in [-0.25, -0.2) is 5.90 Å². The summed E-state index contributed by atoms with van der Waals surface area (Å²) in [6.07, 6.45) is 2.50. The lowest BCUT2D eigenvalue weighted by Crippen LogP contribution is -2.33. The summed E-state index contributed by atoms with van der Waals surface area (Å²) in [4.78, 5) is 6.98. The van der Waals surface area contributed by atoms with Gasteiger partial charge in [-0.2, -0.15) is 0 Å². The average Bonchev–Trinajstić information content (AvgIpc) is 2.33. The van der Waals surface area contributed by atoms with Gasteiger partial charge in [-0.1, -0.05) is 6.92 Å². The van der Waals surface area contributed by atoms with Crippen LogP contribution in [0.4, 0.5) is 0 Å². The Kier molecular flexibility index (Phi) is 2.45. The number of rotatable bonds is 2. The molecule has 9 heavy (non-hydrogen) atoms. The lowest BCUT2D eigenvalue weighted by atomic mass is 10.4. The van der Waals surface area contributed by atoms with Gasteiger partial charge in [0, 0.05) is 6.54 Å². The zero-order valence-electron chi connectivity index (χ0n) is 5.84. The van der Waals surface area contributed by atoms with Crippen LogP contribution in [0.25, 0.3) is 0 Å². The van der Waals surface area contributed by atoms with Crippen LogP contribution >= 0.6 is 0 Å². The van der Waals surface area contributed by atoms with Gasteiger partial charge in [0.1, 0.15) is 6.23 Å². The third-order valence-corrected chi connectivity index (χ3v) is 1.87. The van der Waals surface area contributed by atoms with Crippen LogP contribution in [-0.4, -0.2) is 24.2 Å². The van der Waals surface area contributed by atoms with Crippen molar-refractivity contribution in [1.29, 1.82) is 0 Å². The molecular weight excluding hydrogens is 116 g/mol. The topological polar surface area (TPSA) is 38.5 Å². The third-order valence-electron chi connectivity index (χ3n) is 1.87. The minimum atomic E-state index is 0.190. The SMILES string of the molecule is CCN1CCCC1ON. The first-order valence-electron chi connectivity index (χ1n) is 3.48. The van der Waals surface area contributed by atoms with Gasteiger partial charge in [0.25, 0.3) is 0 Å². The summed E-state index contributed by atoms with van der Waals surface area (Å²) in [5.74, 6) is 5.06. The van der Waals surface area contributed by atoms with Crippen molar-refractivity contribution in [3.8, 4) is 0 Å². The summed E-state index contributed by atoms with van der Waals surface area (Å²) in [5, 5.41) is 0. The molecule has 0 aliphatic carbocycles. The Morgan fingerprint density at radius 3 is 3.00 bits per heavy atom. The van der Waals surface area contributed by atoms with Crippen molar-refractivity contribution in [2.24, 2.45) is 5.90 Å². The fourth-order valence-corrected chi connectivity index (χ4v) is 1.31. The summed E-state index contributed by atoms with van der Waals surface area (Å²) in [5.41, 5.74) is 0. The summed E-state index contributed by atoms with van der Waals surface area (Å²) in [6.45, 7) is 4.30. The van der Waals surface area contributed by atoms with Crippen LogP contribution in [0.1, 0.15) is 19.8 Å². The zero-order chi connectivity index (χ0) is 6.69. The summed E-state index contributed by atoms with van der Waals surface area (Å²) < 4.78 is 0. The Morgan fingerprint density at radius 2 is 2.56 bits per heavy atom. The normalized spacial score (nSPS) is 29.3. The summed E-state index contributed by atoms with van der Waals surface area (Å²) >= 11 is 0. The highest BCUT2D eigenvalue weighted by Crippen LogP contribution is 2.15. The fourth-order valence-electron chi connectivity index (χ4n) is 1.31. The minimum Gasteiger partial charge on any atom is -0.286 e. The maximum absolute atomic E-state index is 5.06. The number of hydrogen-bond acceptors (Lipinski definition) is 3. The van der Waals surface area contributed by atoms with E-state index in [0.717, 1.165) is 19.5 Å². The molecule has 1 fully saturated rings. The van der Waals surface area contributed by atoms with E-state index in [-0.39, 0.29) is 6.23 Å². The third kappa shape index (κ3) is 1.41. The van der Waals surface area contributed by atoms with Crippen LogP contribution in [0, 0.1) is 0 Å². The second kappa shape index (κ2) is 3.15. The maximum atomic E-state index is 5.06. The van der Waals surface area contributed by atoms with Crippen LogP contribution < -0.4 is 5.90 Å². The molecule has 0 spiro atoms. The van der Waals surface area contributed by atoms with E-state index in [1.165, 1.54) is 6.42 Å². The molecule has 0 aromatic heterocycles. The molecule has 0 bridgehead atoms. The lowest BCUT2D eigenvalue weighted by molar-refractivity contribution is -0.0346. The highest BCUT2D eigenvalue weighted by Gasteiger charge is 2.22. The molecule has 1 saturated heterocycles. The van der Waals surface area contributed by atoms with Gasteiger partial charge < -0.3 is 0 Å². The Balaban J connectivity index is 2.32. The molecule has 0 amide bonds. The van der Waals surface area contributed by atoms with Crippen LogP contribution in [0.3, 0.4) is 0 Å². The highest BCUT2D eigenvalue weighted by atomic mass is 16.6. The van der Waals surface area contributed by atoms with Crippen LogP contribution in [0.15, 0.2) is 0 Å². The number of nitrogens with two attached hydrogens (primary N) is 1. The summed E-state index contributed by atoms with van der Waals surface area (Å²) in [6, 6.07) is 0. The molecule has 1 unspecified atom stereocenters. The van der Waals surface area contributed by atoms with E-state index in [9.17, 15) is 0 Å². The number of nitrogens with zero attached hydrogens (tertiary/aromatic N) is 1. The molecule has 3 nitrogen and oxygen atoms in total. The summed E-state index contributed by atoms with van der Waals surface area (Å²) in [7, 11) is 0. The average molecular weight is 130 g/mol. The molecule has 2 N–H and O–H groups in total. The largest absolute Gasteiger partial charge is 0.286 e. The highest BCUT2D eigenvalue weighted by molar-refractivity contribution is 4.69. The van der Waals surface area contributed by atoms with E-state index in [1.807, 2.05) is 0 Å². The fraction of sp³-hybridized carbons (Fsp3) is 1.00. The molecule has 1 aliphatic heterocycles. The van der Waals surface area contributed by atoms with Gasteiger partial charge in [0.05, 0.1) is 0 Å². The van der Waals surface area contributed by atoms with Crippen LogP contribution in [0.2, 0.25) is 0 Å². The molecule has 54 valence electrons. The quantitative estimate of drug-likeness (QED) is 0.547. The lowest BCUT2D eigenvalue weighted by Gasteiger charge is -2.19. The van der Waals surface area contributed by atoms with Gasteiger partial charge >= 0.3 is 0 Å². The van der Waals surface area contributed by atoms with E-state index in [0.29, 0.717) is 0 Å². The van der Waals surface area contributed by atoms with Crippen molar-refractivity contribution >= 4 is 0 Å². The van der Waals surface area contributed by atoms with Gasteiger partial charge in [0.15, 0.2) is 0 Å². The molecule has 1 heterocycles. The Morgan fingerprint density at radius 1 is 1.78 bits per heavy atom. The molecule has 1 rings (SSSR count). The van der Waals surface area contributed by atoms with E-state index >= 15 is 0 Å². The van der Waals surface area contributed by atoms with Crippen LogP contribution in [-0.2, 0) is 4.84 Å². The zero-order valence-corrected chi connectivity index (χ0v) is 5.84. The standard InChI is InChI=1S/C6H14N2O/c1-2-8-5-3-4-6(8)9-7/h6H,2-5,7H2,1H3. The molecule has 0 saturated carbocycles.